The fraction of sp³-hybridized carbons (Fsp3) is 0.400. The number of aliphatic hydroxyl groups is 1. The Balaban J connectivity index is 2.60. The van der Waals surface area contributed by atoms with Crippen LogP contribution in [0.4, 0.5) is 0 Å². The number of benzene rings is 1. The van der Waals surface area contributed by atoms with Crippen molar-refractivity contribution < 1.29 is 9.84 Å². The normalized spacial score (nSPS) is 20.7. The lowest BCUT2D eigenvalue weighted by molar-refractivity contribution is 0.114. The van der Waals surface area contributed by atoms with Crippen molar-refractivity contribution in [2.45, 2.75) is 19.4 Å². The number of aryl methyl sites for hydroxylation is 1. The van der Waals surface area contributed by atoms with E-state index in [2.05, 4.69) is 0 Å². The first kappa shape index (κ1) is 8.85. The fourth-order valence-corrected chi connectivity index (χ4v) is 1.87. The van der Waals surface area contributed by atoms with E-state index in [9.17, 15) is 5.11 Å². The second-order valence-electron chi connectivity index (χ2n) is 3.26. The van der Waals surface area contributed by atoms with Crippen molar-refractivity contribution in [3.63, 3.8) is 0 Å². The molecule has 1 aliphatic rings. The third-order valence-electron chi connectivity index (χ3n) is 2.34. The minimum absolute atomic E-state index is 0.428. The standard InChI is InChI=1S/C10H11ClO2/c1-6-2-3-7(11)10-9(6)8(12)4-5-13-10/h2-3,8,12H,4-5H2,1H3/t8-/m0/s1. The van der Waals surface area contributed by atoms with Crippen LogP contribution in [0.5, 0.6) is 5.75 Å². The summed E-state index contributed by atoms with van der Waals surface area (Å²) in [5, 5.41) is 10.3. The van der Waals surface area contributed by atoms with Crippen molar-refractivity contribution in [2.75, 3.05) is 6.61 Å². The zero-order valence-corrected chi connectivity index (χ0v) is 8.14. The largest absolute Gasteiger partial charge is 0.492 e. The van der Waals surface area contributed by atoms with Gasteiger partial charge in [-0.25, -0.2) is 0 Å². The molecule has 0 spiro atoms. The summed E-state index contributed by atoms with van der Waals surface area (Å²) in [7, 11) is 0. The van der Waals surface area contributed by atoms with E-state index in [0.29, 0.717) is 23.8 Å². The van der Waals surface area contributed by atoms with Crippen molar-refractivity contribution in [3.05, 3.63) is 28.3 Å². The maximum absolute atomic E-state index is 9.73. The SMILES string of the molecule is Cc1ccc(Cl)c2c1[C@@H](O)CCO2. The fourth-order valence-electron chi connectivity index (χ4n) is 1.65. The topological polar surface area (TPSA) is 29.5 Å². The molecule has 0 fully saturated rings. The van der Waals surface area contributed by atoms with Gasteiger partial charge in [-0.2, -0.15) is 0 Å². The summed E-state index contributed by atoms with van der Waals surface area (Å²) >= 11 is 5.94. The van der Waals surface area contributed by atoms with Crippen molar-refractivity contribution in [2.24, 2.45) is 0 Å². The summed E-state index contributed by atoms with van der Waals surface area (Å²) in [6.07, 6.45) is 0.219. The van der Waals surface area contributed by atoms with E-state index in [0.717, 1.165) is 11.1 Å². The molecule has 0 amide bonds. The van der Waals surface area contributed by atoms with Crippen LogP contribution in [0, 0.1) is 6.92 Å². The summed E-state index contributed by atoms with van der Waals surface area (Å²) in [5.74, 6) is 0.653. The van der Waals surface area contributed by atoms with Gasteiger partial charge in [0, 0.05) is 12.0 Å². The van der Waals surface area contributed by atoms with Crippen LogP contribution in [0.2, 0.25) is 5.02 Å². The van der Waals surface area contributed by atoms with Crippen molar-refractivity contribution in [3.8, 4) is 5.75 Å². The van der Waals surface area contributed by atoms with E-state index in [-0.39, 0.29) is 0 Å². The average Bonchev–Trinajstić information content (AvgIpc) is 2.12. The molecule has 2 rings (SSSR count). The minimum atomic E-state index is -0.428. The Bertz CT molecular complexity index is 336. The molecular formula is C10H11ClO2. The van der Waals surface area contributed by atoms with Gasteiger partial charge < -0.3 is 9.84 Å². The Morgan fingerprint density at radius 2 is 2.31 bits per heavy atom. The predicted octanol–water partition coefficient (Wildman–Crippen LogP) is 2.46. The molecule has 0 aromatic heterocycles. The molecule has 0 unspecified atom stereocenters. The number of fused-ring (bicyclic) bond motifs is 1. The van der Waals surface area contributed by atoms with Crippen molar-refractivity contribution in [1.82, 2.24) is 0 Å². The summed E-state index contributed by atoms with van der Waals surface area (Å²) in [5.41, 5.74) is 1.88. The Morgan fingerprint density at radius 3 is 3.00 bits per heavy atom. The summed E-state index contributed by atoms with van der Waals surface area (Å²) < 4.78 is 5.41. The molecule has 13 heavy (non-hydrogen) atoms. The molecule has 0 radical (unpaired) electrons. The molecular weight excluding hydrogens is 188 g/mol. The van der Waals surface area contributed by atoms with Gasteiger partial charge >= 0.3 is 0 Å². The van der Waals surface area contributed by atoms with Crippen LogP contribution in [0.25, 0.3) is 0 Å². The molecule has 1 N–H and O–H groups in total. The zero-order valence-electron chi connectivity index (χ0n) is 7.38. The molecule has 0 bridgehead atoms. The van der Waals surface area contributed by atoms with Crippen molar-refractivity contribution in [1.29, 1.82) is 0 Å². The Kier molecular flexibility index (Phi) is 2.18. The molecule has 70 valence electrons. The highest BCUT2D eigenvalue weighted by Crippen LogP contribution is 2.39. The van der Waals surface area contributed by atoms with E-state index in [1.165, 1.54) is 0 Å². The molecule has 2 nitrogen and oxygen atoms in total. The first-order valence-corrected chi connectivity index (χ1v) is 4.68. The first-order chi connectivity index (χ1) is 6.20. The number of ether oxygens (including phenoxy) is 1. The number of rotatable bonds is 0. The molecule has 1 heterocycles. The van der Waals surface area contributed by atoms with E-state index in [4.69, 9.17) is 16.3 Å². The molecule has 0 aliphatic carbocycles. The average molecular weight is 199 g/mol. The maximum Gasteiger partial charge on any atom is 0.143 e. The maximum atomic E-state index is 9.73. The van der Waals surface area contributed by atoms with Gasteiger partial charge in [-0.1, -0.05) is 17.7 Å². The summed E-state index contributed by atoms with van der Waals surface area (Å²) in [4.78, 5) is 0. The van der Waals surface area contributed by atoms with Gasteiger partial charge in [0.05, 0.1) is 17.7 Å². The number of hydrogen-bond acceptors (Lipinski definition) is 2. The highest BCUT2D eigenvalue weighted by atomic mass is 35.5. The zero-order chi connectivity index (χ0) is 9.42. The summed E-state index contributed by atoms with van der Waals surface area (Å²) in [6, 6.07) is 3.70. The van der Waals surface area contributed by atoms with Gasteiger partial charge in [0.25, 0.3) is 0 Å². The minimum Gasteiger partial charge on any atom is -0.492 e. The molecule has 1 aromatic rings. The monoisotopic (exact) mass is 198 g/mol. The Morgan fingerprint density at radius 1 is 1.54 bits per heavy atom. The molecule has 1 aliphatic heterocycles. The van der Waals surface area contributed by atoms with Crippen LogP contribution >= 0.6 is 11.6 Å². The summed E-state index contributed by atoms with van der Waals surface area (Å²) in [6.45, 7) is 2.49. The predicted molar refractivity (Wildman–Crippen MR) is 51.3 cm³/mol. The highest BCUT2D eigenvalue weighted by molar-refractivity contribution is 6.32. The second kappa shape index (κ2) is 3.20. The Labute approximate surface area is 82.1 Å². The van der Waals surface area contributed by atoms with E-state index < -0.39 is 6.10 Å². The number of halogens is 1. The van der Waals surface area contributed by atoms with Crippen molar-refractivity contribution >= 4 is 11.6 Å². The van der Waals surface area contributed by atoms with Crippen LogP contribution in [-0.4, -0.2) is 11.7 Å². The number of hydrogen-bond donors (Lipinski definition) is 1. The van der Waals surface area contributed by atoms with Gasteiger partial charge in [-0.3, -0.25) is 0 Å². The molecule has 0 saturated heterocycles. The molecule has 0 saturated carbocycles. The number of aliphatic hydroxyl groups excluding tert-OH is 1. The van der Waals surface area contributed by atoms with Crippen LogP contribution < -0.4 is 4.74 Å². The van der Waals surface area contributed by atoms with E-state index in [1.807, 2.05) is 13.0 Å². The highest BCUT2D eigenvalue weighted by Gasteiger charge is 2.23. The van der Waals surface area contributed by atoms with Gasteiger partial charge in [0.1, 0.15) is 5.75 Å². The lowest BCUT2D eigenvalue weighted by atomic mass is 9.98. The van der Waals surface area contributed by atoms with Crippen LogP contribution in [0.3, 0.4) is 0 Å². The van der Waals surface area contributed by atoms with Gasteiger partial charge in [-0.15, -0.1) is 0 Å². The quantitative estimate of drug-likeness (QED) is 0.694. The van der Waals surface area contributed by atoms with Crippen LogP contribution in [0.15, 0.2) is 12.1 Å². The van der Waals surface area contributed by atoms with Gasteiger partial charge in [-0.05, 0) is 18.6 Å². The third kappa shape index (κ3) is 1.40. The molecule has 1 aromatic carbocycles. The first-order valence-electron chi connectivity index (χ1n) is 4.30. The molecule has 3 heteroatoms. The van der Waals surface area contributed by atoms with Crippen LogP contribution in [-0.2, 0) is 0 Å². The lowest BCUT2D eigenvalue weighted by Crippen LogP contribution is -2.15. The van der Waals surface area contributed by atoms with E-state index >= 15 is 0 Å². The smallest absolute Gasteiger partial charge is 0.143 e. The Hall–Kier alpha value is -0.730. The lowest BCUT2D eigenvalue weighted by Gasteiger charge is -2.24. The third-order valence-corrected chi connectivity index (χ3v) is 2.63. The van der Waals surface area contributed by atoms with Crippen LogP contribution in [0.1, 0.15) is 23.7 Å². The molecule has 1 atom stereocenters. The second-order valence-corrected chi connectivity index (χ2v) is 3.67. The van der Waals surface area contributed by atoms with Gasteiger partial charge in [0.15, 0.2) is 0 Å². The van der Waals surface area contributed by atoms with E-state index in [1.54, 1.807) is 6.07 Å². The van der Waals surface area contributed by atoms with Gasteiger partial charge in [0.2, 0.25) is 0 Å².